The number of benzene rings is 2. The Hall–Kier alpha value is -2.63. The smallest absolute Gasteiger partial charge is 0.261 e. The summed E-state index contributed by atoms with van der Waals surface area (Å²) in [4.78, 5) is 11.9. The molecule has 0 saturated heterocycles. The lowest BCUT2D eigenvalue weighted by atomic mass is 9.96. The van der Waals surface area contributed by atoms with Crippen molar-refractivity contribution in [2.75, 3.05) is 18.6 Å². The van der Waals surface area contributed by atoms with Crippen molar-refractivity contribution >= 4 is 31.5 Å². The molecule has 9 nitrogen and oxygen atoms in total. The van der Waals surface area contributed by atoms with Gasteiger partial charge in [0.2, 0.25) is 16.8 Å². The van der Waals surface area contributed by atoms with E-state index in [2.05, 4.69) is 4.72 Å². The van der Waals surface area contributed by atoms with Crippen LogP contribution in [0.15, 0.2) is 46.2 Å². The van der Waals surface area contributed by atoms with Crippen LogP contribution >= 0.6 is 0 Å². The van der Waals surface area contributed by atoms with Gasteiger partial charge in [-0.05, 0) is 50.1 Å². The lowest BCUT2D eigenvalue weighted by molar-refractivity contribution is 0.101. The van der Waals surface area contributed by atoms with Crippen molar-refractivity contribution in [3.05, 3.63) is 42.0 Å². The fourth-order valence-corrected chi connectivity index (χ4v) is 6.61. The number of rotatable bonds is 7. The van der Waals surface area contributed by atoms with E-state index in [0.29, 0.717) is 11.5 Å². The number of carbonyl (C=O) groups is 1. The summed E-state index contributed by atoms with van der Waals surface area (Å²) in [7, 11) is -6.27. The van der Waals surface area contributed by atoms with Crippen molar-refractivity contribution in [2.45, 2.75) is 54.9 Å². The Morgan fingerprint density at radius 2 is 1.52 bits per heavy atom. The zero-order chi connectivity index (χ0) is 23.8. The third-order valence-electron chi connectivity index (χ3n) is 6.04. The van der Waals surface area contributed by atoms with E-state index < -0.39 is 20.0 Å². The van der Waals surface area contributed by atoms with Gasteiger partial charge in [0.1, 0.15) is 0 Å². The summed E-state index contributed by atoms with van der Waals surface area (Å²) < 4.78 is 66.3. The minimum absolute atomic E-state index is 0.0197. The van der Waals surface area contributed by atoms with Gasteiger partial charge in [0, 0.05) is 24.7 Å². The summed E-state index contributed by atoms with van der Waals surface area (Å²) in [5, 5.41) is 0. The first-order valence-electron chi connectivity index (χ1n) is 10.6. The van der Waals surface area contributed by atoms with Gasteiger partial charge in [0.25, 0.3) is 10.0 Å². The number of anilines is 1. The van der Waals surface area contributed by atoms with Crippen molar-refractivity contribution in [1.29, 1.82) is 0 Å². The van der Waals surface area contributed by atoms with Crippen LogP contribution < -0.4 is 14.2 Å². The van der Waals surface area contributed by atoms with Crippen molar-refractivity contribution in [3.63, 3.8) is 0 Å². The average Bonchev–Trinajstić information content (AvgIpc) is 3.25. The number of fused-ring (bicyclic) bond motifs is 1. The number of ether oxygens (including phenoxy) is 2. The quantitative estimate of drug-likeness (QED) is 0.586. The summed E-state index contributed by atoms with van der Waals surface area (Å²) >= 11 is 0. The molecule has 33 heavy (non-hydrogen) atoms. The normalized spacial score (nSPS) is 16.7. The maximum Gasteiger partial charge on any atom is 0.261 e. The number of nitrogens with zero attached hydrogens (tertiary/aromatic N) is 1. The van der Waals surface area contributed by atoms with Crippen molar-refractivity contribution < 1.29 is 31.1 Å². The van der Waals surface area contributed by atoms with Gasteiger partial charge in [-0.25, -0.2) is 16.8 Å². The Morgan fingerprint density at radius 3 is 2.12 bits per heavy atom. The van der Waals surface area contributed by atoms with Crippen LogP contribution in [0.3, 0.4) is 0 Å². The molecular weight excluding hydrogens is 468 g/mol. The van der Waals surface area contributed by atoms with Crippen LogP contribution in [0.4, 0.5) is 5.69 Å². The summed E-state index contributed by atoms with van der Waals surface area (Å²) in [5.74, 6) is 0.336. The van der Waals surface area contributed by atoms with E-state index in [-0.39, 0.29) is 39.7 Å². The van der Waals surface area contributed by atoms with Gasteiger partial charge < -0.3 is 9.47 Å². The van der Waals surface area contributed by atoms with E-state index >= 15 is 0 Å². The number of ketones is 1. The topological polar surface area (TPSA) is 119 Å². The molecule has 0 amide bonds. The highest BCUT2D eigenvalue weighted by atomic mass is 32.2. The molecule has 2 aromatic carbocycles. The molecule has 0 spiro atoms. The predicted octanol–water partition coefficient (Wildman–Crippen LogP) is 3.37. The van der Waals surface area contributed by atoms with Gasteiger partial charge in [0.15, 0.2) is 17.3 Å². The van der Waals surface area contributed by atoms with E-state index in [1.165, 1.54) is 47.6 Å². The summed E-state index contributed by atoms with van der Waals surface area (Å²) in [5.41, 5.74) is 0.191. The largest absolute Gasteiger partial charge is 0.454 e. The molecule has 1 fully saturated rings. The number of nitrogens with one attached hydrogen (secondary N) is 1. The molecule has 2 aromatic rings. The minimum atomic E-state index is -4.10. The molecule has 1 aliphatic carbocycles. The fraction of sp³-hybridized carbons (Fsp3) is 0.409. The molecule has 2 aliphatic rings. The van der Waals surface area contributed by atoms with Crippen molar-refractivity contribution in [1.82, 2.24) is 4.31 Å². The van der Waals surface area contributed by atoms with Crippen molar-refractivity contribution in [3.8, 4) is 11.5 Å². The first-order valence-corrected chi connectivity index (χ1v) is 13.6. The second kappa shape index (κ2) is 8.96. The molecule has 0 aromatic heterocycles. The minimum Gasteiger partial charge on any atom is -0.454 e. The molecule has 1 heterocycles. The van der Waals surface area contributed by atoms with Gasteiger partial charge in [-0.2, -0.15) is 4.31 Å². The number of Topliss-reactive ketones (excluding diaryl/α,β-unsaturated/α-hetero) is 1. The molecule has 11 heteroatoms. The second-order valence-corrected chi connectivity index (χ2v) is 11.9. The van der Waals surface area contributed by atoms with Crippen LogP contribution in [-0.4, -0.2) is 46.8 Å². The fourth-order valence-electron chi connectivity index (χ4n) is 4.12. The summed E-state index contributed by atoms with van der Waals surface area (Å²) in [6.45, 7) is 1.30. The highest BCUT2D eigenvalue weighted by Gasteiger charge is 2.30. The number of hydrogen-bond donors (Lipinski definition) is 1. The molecule has 1 aliphatic heterocycles. The number of sulfonamides is 2. The molecule has 1 saturated carbocycles. The summed E-state index contributed by atoms with van der Waals surface area (Å²) in [6, 6.07) is 7.83. The van der Waals surface area contributed by atoms with Gasteiger partial charge >= 0.3 is 0 Å². The van der Waals surface area contributed by atoms with Crippen LogP contribution in [0.2, 0.25) is 0 Å². The van der Waals surface area contributed by atoms with Crippen LogP contribution in [-0.2, 0) is 20.0 Å². The molecule has 4 rings (SSSR count). The SMILES string of the molecule is CC(=O)c1cc2c(cc1NS(=O)(=O)c1ccc(S(=O)(=O)N(C)C3CCCCC3)cc1)OCO2. The Kier molecular flexibility index (Phi) is 6.39. The Morgan fingerprint density at radius 1 is 0.939 bits per heavy atom. The standard InChI is InChI=1S/C22H26N2O7S2/c1-15(25)19-12-21-22(31-14-30-21)13-20(19)23-32(26,27)17-8-10-18(11-9-17)33(28,29)24(2)16-6-4-3-5-7-16/h8-13,16,23H,3-7,14H2,1-2H3. The van der Waals surface area contributed by atoms with E-state index in [4.69, 9.17) is 9.47 Å². The Bertz CT molecular complexity index is 1270. The van der Waals surface area contributed by atoms with E-state index in [1.54, 1.807) is 7.05 Å². The molecule has 0 bridgehead atoms. The third kappa shape index (κ3) is 4.71. The van der Waals surface area contributed by atoms with Gasteiger partial charge in [-0.1, -0.05) is 19.3 Å². The van der Waals surface area contributed by atoms with E-state index in [9.17, 15) is 21.6 Å². The Labute approximate surface area is 193 Å². The van der Waals surface area contributed by atoms with E-state index in [1.807, 2.05) is 0 Å². The lowest BCUT2D eigenvalue weighted by Crippen LogP contribution is -2.38. The van der Waals surface area contributed by atoms with E-state index in [0.717, 1.165) is 32.1 Å². The van der Waals surface area contributed by atoms with Gasteiger partial charge in [-0.3, -0.25) is 9.52 Å². The Balaban J connectivity index is 1.58. The lowest BCUT2D eigenvalue weighted by Gasteiger charge is -2.30. The summed E-state index contributed by atoms with van der Waals surface area (Å²) in [6.07, 6.45) is 4.74. The highest BCUT2D eigenvalue weighted by molar-refractivity contribution is 7.92. The second-order valence-electron chi connectivity index (χ2n) is 8.20. The maximum atomic E-state index is 13.0. The zero-order valence-corrected chi connectivity index (χ0v) is 20.0. The molecular formula is C22H26N2O7S2. The molecule has 0 unspecified atom stereocenters. The first kappa shape index (κ1) is 23.5. The molecule has 178 valence electrons. The average molecular weight is 495 g/mol. The van der Waals surface area contributed by atoms with Gasteiger partial charge in [0.05, 0.1) is 15.5 Å². The van der Waals surface area contributed by atoms with Crippen molar-refractivity contribution in [2.24, 2.45) is 0 Å². The highest BCUT2D eigenvalue weighted by Crippen LogP contribution is 2.38. The van der Waals surface area contributed by atoms with Crippen LogP contribution in [0.1, 0.15) is 49.4 Å². The first-order chi connectivity index (χ1) is 15.6. The maximum absolute atomic E-state index is 13.0. The predicted molar refractivity (Wildman–Crippen MR) is 122 cm³/mol. The third-order valence-corrected chi connectivity index (χ3v) is 9.34. The number of hydrogen-bond acceptors (Lipinski definition) is 7. The molecule has 0 radical (unpaired) electrons. The van der Waals surface area contributed by atoms with Crippen LogP contribution in [0, 0.1) is 0 Å². The van der Waals surface area contributed by atoms with Crippen LogP contribution in [0.25, 0.3) is 0 Å². The number of carbonyl (C=O) groups excluding carboxylic acids is 1. The van der Waals surface area contributed by atoms with Crippen LogP contribution in [0.5, 0.6) is 11.5 Å². The van der Waals surface area contributed by atoms with Gasteiger partial charge in [-0.15, -0.1) is 0 Å². The monoisotopic (exact) mass is 494 g/mol. The zero-order valence-electron chi connectivity index (χ0n) is 18.4. The molecule has 0 atom stereocenters. The molecule has 1 N–H and O–H groups in total.